The van der Waals surface area contributed by atoms with E-state index in [4.69, 9.17) is 4.74 Å². The second-order valence-electron chi connectivity index (χ2n) is 7.18. The van der Waals surface area contributed by atoms with E-state index in [2.05, 4.69) is 25.9 Å². The van der Waals surface area contributed by atoms with Gasteiger partial charge in [0.05, 0.1) is 18.8 Å². The summed E-state index contributed by atoms with van der Waals surface area (Å²) in [5.74, 6) is 1.46. The molecule has 1 aliphatic heterocycles. The zero-order valence-electron chi connectivity index (χ0n) is 16.9. The lowest BCUT2D eigenvalue weighted by Gasteiger charge is -2.22. The number of methoxy groups -OCH3 is 1. The smallest absolute Gasteiger partial charge is 0.241 e. The van der Waals surface area contributed by atoms with E-state index in [1.54, 1.807) is 7.11 Å². The first kappa shape index (κ1) is 19.8. The summed E-state index contributed by atoms with van der Waals surface area (Å²) in [7, 11) is 1.64. The molecule has 1 saturated heterocycles. The Bertz CT molecular complexity index is 1000. The molecule has 1 atom stereocenters. The fourth-order valence-corrected chi connectivity index (χ4v) is 3.52. The number of para-hydroxylation sites is 1. The van der Waals surface area contributed by atoms with Crippen LogP contribution in [0.25, 0.3) is 11.3 Å². The van der Waals surface area contributed by atoms with Gasteiger partial charge in [0.2, 0.25) is 5.91 Å². The Morgan fingerprint density at radius 3 is 2.63 bits per heavy atom. The Hall–Kier alpha value is -3.45. The van der Waals surface area contributed by atoms with Crippen LogP contribution in [0.15, 0.2) is 60.9 Å². The van der Waals surface area contributed by atoms with E-state index in [-0.39, 0.29) is 11.9 Å². The Labute approximate surface area is 175 Å². The highest BCUT2D eigenvalue weighted by molar-refractivity contribution is 5.95. The van der Waals surface area contributed by atoms with Gasteiger partial charge in [-0.15, -0.1) is 0 Å². The van der Waals surface area contributed by atoms with Crippen molar-refractivity contribution in [2.24, 2.45) is 0 Å². The number of nitrogens with one attached hydrogen (secondary N) is 3. The van der Waals surface area contributed by atoms with Crippen LogP contribution in [0.2, 0.25) is 0 Å². The van der Waals surface area contributed by atoms with Gasteiger partial charge in [-0.05, 0) is 55.8 Å². The van der Waals surface area contributed by atoms with Crippen LogP contribution in [-0.4, -0.2) is 35.6 Å². The molecule has 1 aromatic heterocycles. The van der Waals surface area contributed by atoms with Crippen molar-refractivity contribution in [3.05, 3.63) is 60.9 Å². The molecule has 1 unspecified atom stereocenters. The van der Waals surface area contributed by atoms with E-state index < -0.39 is 0 Å². The number of nitrogens with zero attached hydrogens (tertiary/aromatic N) is 2. The lowest BCUT2D eigenvalue weighted by Crippen LogP contribution is -2.43. The molecule has 7 heteroatoms. The monoisotopic (exact) mass is 403 g/mol. The molecule has 1 aliphatic rings. The van der Waals surface area contributed by atoms with Gasteiger partial charge >= 0.3 is 0 Å². The standard InChI is InChI=1S/C23H25N5O2/c1-30-21-8-3-2-6-18(21)20-14-22(26-15-25-20)27-16-9-11-17(12-10-16)28-23(29)19-7-4-5-13-24-19/h2-3,6,8-12,14-15,19,24H,4-5,7,13H2,1H3,(H,28,29)(H,25,26,27). The largest absolute Gasteiger partial charge is 0.496 e. The number of piperidine rings is 1. The maximum atomic E-state index is 12.4. The molecule has 0 spiro atoms. The third-order valence-corrected chi connectivity index (χ3v) is 5.10. The van der Waals surface area contributed by atoms with Crippen molar-refractivity contribution in [2.45, 2.75) is 25.3 Å². The molecule has 3 aromatic rings. The minimum Gasteiger partial charge on any atom is -0.496 e. The van der Waals surface area contributed by atoms with Crippen molar-refractivity contribution in [3.8, 4) is 17.0 Å². The van der Waals surface area contributed by atoms with Crippen molar-refractivity contribution in [1.29, 1.82) is 0 Å². The minimum absolute atomic E-state index is 0.0210. The summed E-state index contributed by atoms with van der Waals surface area (Å²) in [6, 6.07) is 17.1. The summed E-state index contributed by atoms with van der Waals surface area (Å²) in [6.45, 7) is 0.900. The lowest BCUT2D eigenvalue weighted by atomic mass is 10.0. The van der Waals surface area contributed by atoms with Crippen LogP contribution in [0.1, 0.15) is 19.3 Å². The number of aromatic nitrogens is 2. The molecular formula is C23H25N5O2. The average Bonchev–Trinajstić information content (AvgIpc) is 2.81. The third-order valence-electron chi connectivity index (χ3n) is 5.10. The predicted octanol–water partition coefficient (Wildman–Crippen LogP) is 3.98. The second kappa shape index (κ2) is 9.37. The summed E-state index contributed by atoms with van der Waals surface area (Å²) < 4.78 is 5.43. The number of anilines is 3. The van der Waals surface area contributed by atoms with Gasteiger partial charge in [-0.25, -0.2) is 9.97 Å². The molecule has 0 radical (unpaired) electrons. The zero-order valence-corrected chi connectivity index (χ0v) is 16.9. The molecule has 7 nitrogen and oxygen atoms in total. The number of ether oxygens (including phenoxy) is 1. The van der Waals surface area contributed by atoms with Gasteiger partial charge in [-0.1, -0.05) is 18.6 Å². The zero-order chi connectivity index (χ0) is 20.8. The van der Waals surface area contributed by atoms with Crippen molar-refractivity contribution >= 4 is 23.1 Å². The van der Waals surface area contributed by atoms with Crippen molar-refractivity contribution in [1.82, 2.24) is 15.3 Å². The first-order valence-corrected chi connectivity index (χ1v) is 10.1. The quantitative estimate of drug-likeness (QED) is 0.577. The highest BCUT2D eigenvalue weighted by Crippen LogP contribution is 2.29. The number of amides is 1. The third kappa shape index (κ3) is 4.75. The normalized spacial score (nSPS) is 16.0. The maximum Gasteiger partial charge on any atom is 0.241 e. The van der Waals surface area contributed by atoms with Crippen LogP contribution in [0.3, 0.4) is 0 Å². The molecule has 1 amide bonds. The van der Waals surface area contributed by atoms with Crippen LogP contribution in [0.4, 0.5) is 17.2 Å². The summed E-state index contributed by atoms with van der Waals surface area (Å²) in [6.07, 6.45) is 4.62. The van der Waals surface area contributed by atoms with E-state index in [0.29, 0.717) is 5.82 Å². The fraction of sp³-hybridized carbons (Fsp3) is 0.261. The lowest BCUT2D eigenvalue weighted by molar-refractivity contribution is -0.118. The predicted molar refractivity (Wildman–Crippen MR) is 118 cm³/mol. The van der Waals surface area contributed by atoms with Gasteiger partial charge in [-0.2, -0.15) is 0 Å². The Kier molecular flexibility index (Phi) is 6.20. The molecule has 1 fully saturated rings. The first-order valence-electron chi connectivity index (χ1n) is 10.1. The number of carbonyl (C=O) groups excluding carboxylic acids is 1. The maximum absolute atomic E-state index is 12.4. The van der Waals surface area contributed by atoms with Gasteiger partial charge < -0.3 is 20.7 Å². The number of benzene rings is 2. The number of hydrogen-bond donors (Lipinski definition) is 3. The Morgan fingerprint density at radius 2 is 1.87 bits per heavy atom. The molecule has 4 rings (SSSR count). The van der Waals surface area contributed by atoms with Crippen LogP contribution in [-0.2, 0) is 4.79 Å². The topological polar surface area (TPSA) is 88.2 Å². The highest BCUT2D eigenvalue weighted by atomic mass is 16.5. The summed E-state index contributed by atoms with van der Waals surface area (Å²) >= 11 is 0. The van der Waals surface area contributed by atoms with Crippen molar-refractivity contribution in [3.63, 3.8) is 0 Å². The Morgan fingerprint density at radius 1 is 1.07 bits per heavy atom. The fourth-order valence-electron chi connectivity index (χ4n) is 3.52. The highest BCUT2D eigenvalue weighted by Gasteiger charge is 2.20. The van der Waals surface area contributed by atoms with Crippen molar-refractivity contribution < 1.29 is 9.53 Å². The number of carbonyl (C=O) groups is 1. The van der Waals surface area contributed by atoms with Crippen LogP contribution >= 0.6 is 0 Å². The molecule has 154 valence electrons. The summed E-state index contributed by atoms with van der Waals surface area (Å²) in [4.78, 5) is 21.0. The average molecular weight is 403 g/mol. The molecule has 2 aromatic carbocycles. The molecule has 0 bridgehead atoms. The van der Waals surface area contributed by atoms with E-state index >= 15 is 0 Å². The summed E-state index contributed by atoms with van der Waals surface area (Å²) in [5, 5.41) is 9.52. The van der Waals surface area contributed by atoms with E-state index in [1.807, 2.05) is 54.6 Å². The number of rotatable bonds is 6. The Balaban J connectivity index is 1.43. The first-order chi connectivity index (χ1) is 14.7. The molecule has 0 saturated carbocycles. The van der Waals surface area contributed by atoms with Crippen LogP contribution in [0, 0.1) is 0 Å². The van der Waals surface area contributed by atoms with E-state index in [1.165, 1.54) is 6.33 Å². The van der Waals surface area contributed by atoms with E-state index in [9.17, 15) is 4.79 Å². The molecule has 30 heavy (non-hydrogen) atoms. The van der Waals surface area contributed by atoms with Gasteiger partial charge in [0.15, 0.2) is 0 Å². The minimum atomic E-state index is -0.106. The molecule has 3 N–H and O–H groups in total. The van der Waals surface area contributed by atoms with Gasteiger partial charge in [0, 0.05) is 23.0 Å². The van der Waals surface area contributed by atoms with Gasteiger partial charge in [-0.3, -0.25) is 4.79 Å². The van der Waals surface area contributed by atoms with Crippen LogP contribution in [0.5, 0.6) is 5.75 Å². The molecule has 2 heterocycles. The molecular weight excluding hydrogens is 378 g/mol. The second-order valence-corrected chi connectivity index (χ2v) is 7.18. The van der Waals surface area contributed by atoms with Gasteiger partial charge in [0.1, 0.15) is 17.9 Å². The van der Waals surface area contributed by atoms with Crippen molar-refractivity contribution in [2.75, 3.05) is 24.3 Å². The molecule has 0 aliphatic carbocycles. The SMILES string of the molecule is COc1ccccc1-c1cc(Nc2ccc(NC(=O)C3CCCCN3)cc2)ncn1. The van der Waals surface area contributed by atoms with Gasteiger partial charge in [0.25, 0.3) is 0 Å². The van der Waals surface area contributed by atoms with E-state index in [0.717, 1.165) is 54.2 Å². The summed E-state index contributed by atoms with van der Waals surface area (Å²) in [5.41, 5.74) is 3.32. The number of hydrogen-bond acceptors (Lipinski definition) is 6. The van der Waals surface area contributed by atoms with Crippen LogP contribution < -0.4 is 20.7 Å².